The molecule has 0 fully saturated rings. The number of ether oxygens (including phenoxy) is 3. The first-order valence-corrected chi connectivity index (χ1v) is 7.58. The molecule has 0 unspecified atom stereocenters. The number of thiazole rings is 1. The summed E-state index contributed by atoms with van der Waals surface area (Å²) in [5.41, 5.74) is 0.136. The van der Waals surface area contributed by atoms with Gasteiger partial charge in [-0.25, -0.2) is 14.8 Å². The minimum atomic E-state index is -0.554. The molecular formula is C14H19N3O4S. The average Bonchev–Trinajstić information content (AvgIpc) is 2.77. The molecule has 7 nitrogen and oxygen atoms in total. The van der Waals surface area contributed by atoms with Crippen LogP contribution in [0.1, 0.15) is 20.8 Å². The molecule has 1 N–H and O–H groups in total. The van der Waals surface area contributed by atoms with Crippen LogP contribution in [0.5, 0.6) is 5.88 Å². The highest BCUT2D eigenvalue weighted by Crippen LogP contribution is 2.26. The SMILES string of the molecule is COCCOc1ccc2nc(NC(=O)OC(C)(C)C)sc2n1. The predicted molar refractivity (Wildman–Crippen MR) is 84.6 cm³/mol. The van der Waals surface area contributed by atoms with E-state index in [2.05, 4.69) is 15.3 Å². The maximum absolute atomic E-state index is 11.7. The van der Waals surface area contributed by atoms with Crippen LogP contribution in [0, 0.1) is 0 Å². The van der Waals surface area contributed by atoms with Gasteiger partial charge >= 0.3 is 6.09 Å². The standard InChI is InChI=1S/C14H19N3O4S/c1-14(2,3)21-13(18)17-12-15-9-5-6-10(16-11(9)22-12)20-8-7-19-4/h5-6H,7-8H2,1-4H3,(H,15,17,18). The number of amides is 1. The maximum Gasteiger partial charge on any atom is 0.413 e. The molecule has 0 aliphatic carbocycles. The largest absolute Gasteiger partial charge is 0.475 e. The van der Waals surface area contributed by atoms with E-state index in [-0.39, 0.29) is 0 Å². The van der Waals surface area contributed by atoms with Crippen LogP contribution in [-0.4, -0.2) is 42.0 Å². The van der Waals surface area contributed by atoms with Gasteiger partial charge < -0.3 is 14.2 Å². The van der Waals surface area contributed by atoms with Crippen molar-refractivity contribution in [1.82, 2.24) is 9.97 Å². The average molecular weight is 325 g/mol. The van der Waals surface area contributed by atoms with E-state index in [1.807, 2.05) is 0 Å². The number of carbonyl (C=O) groups is 1. The number of nitrogens with one attached hydrogen (secondary N) is 1. The quantitative estimate of drug-likeness (QED) is 0.851. The minimum absolute atomic E-state index is 0.427. The first kappa shape index (κ1) is 16.4. The van der Waals surface area contributed by atoms with Crippen LogP contribution in [0.2, 0.25) is 0 Å². The molecule has 0 aliphatic rings. The molecule has 0 bridgehead atoms. The molecule has 8 heteroatoms. The van der Waals surface area contributed by atoms with Gasteiger partial charge in [0, 0.05) is 13.2 Å². The van der Waals surface area contributed by atoms with E-state index in [9.17, 15) is 4.79 Å². The number of pyridine rings is 1. The summed E-state index contributed by atoms with van der Waals surface area (Å²) in [6.45, 7) is 6.33. The number of rotatable bonds is 5. The summed E-state index contributed by atoms with van der Waals surface area (Å²) in [5, 5.41) is 3.04. The second-order valence-corrected chi connectivity index (χ2v) is 6.44. The Labute approximate surface area is 132 Å². The van der Waals surface area contributed by atoms with Crippen LogP contribution in [0.25, 0.3) is 10.3 Å². The van der Waals surface area contributed by atoms with Crippen LogP contribution in [-0.2, 0) is 9.47 Å². The lowest BCUT2D eigenvalue weighted by Gasteiger charge is -2.18. The molecule has 0 saturated heterocycles. The van der Waals surface area contributed by atoms with E-state index in [1.165, 1.54) is 11.3 Å². The van der Waals surface area contributed by atoms with Gasteiger partial charge in [0.1, 0.15) is 22.6 Å². The Kier molecular flexibility index (Phi) is 5.15. The molecule has 0 atom stereocenters. The van der Waals surface area contributed by atoms with Crippen molar-refractivity contribution < 1.29 is 19.0 Å². The summed E-state index contributed by atoms with van der Waals surface area (Å²) in [7, 11) is 1.61. The molecule has 2 rings (SSSR count). The van der Waals surface area contributed by atoms with Gasteiger partial charge in [-0.2, -0.15) is 0 Å². The van der Waals surface area contributed by atoms with E-state index in [4.69, 9.17) is 14.2 Å². The first-order valence-electron chi connectivity index (χ1n) is 6.77. The Morgan fingerprint density at radius 3 is 2.73 bits per heavy atom. The number of fused-ring (bicyclic) bond motifs is 1. The molecule has 0 radical (unpaired) electrons. The number of anilines is 1. The highest BCUT2D eigenvalue weighted by Gasteiger charge is 2.17. The zero-order valence-electron chi connectivity index (χ0n) is 13.0. The third-order valence-electron chi connectivity index (χ3n) is 2.38. The van der Waals surface area contributed by atoms with E-state index in [0.717, 1.165) is 0 Å². The Hall–Kier alpha value is -1.93. The fourth-order valence-corrected chi connectivity index (χ4v) is 2.37. The number of carbonyl (C=O) groups excluding carboxylic acids is 1. The fraction of sp³-hybridized carbons (Fsp3) is 0.500. The molecule has 0 aliphatic heterocycles. The molecule has 120 valence electrons. The molecule has 22 heavy (non-hydrogen) atoms. The van der Waals surface area contributed by atoms with Crippen molar-refractivity contribution in [3.8, 4) is 5.88 Å². The maximum atomic E-state index is 11.7. The lowest BCUT2D eigenvalue weighted by molar-refractivity contribution is 0.0636. The van der Waals surface area contributed by atoms with Gasteiger partial charge in [-0.05, 0) is 26.8 Å². The molecule has 1 amide bonds. The van der Waals surface area contributed by atoms with E-state index in [1.54, 1.807) is 40.0 Å². The highest BCUT2D eigenvalue weighted by atomic mass is 32.1. The van der Waals surface area contributed by atoms with Crippen LogP contribution in [0.3, 0.4) is 0 Å². The number of methoxy groups -OCH3 is 1. The van der Waals surface area contributed by atoms with Gasteiger partial charge in [0.2, 0.25) is 5.88 Å². The third kappa shape index (κ3) is 4.81. The van der Waals surface area contributed by atoms with Gasteiger partial charge in [0.15, 0.2) is 5.13 Å². The number of hydrogen-bond acceptors (Lipinski definition) is 7. The molecular weight excluding hydrogens is 306 g/mol. The van der Waals surface area contributed by atoms with Crippen molar-refractivity contribution in [2.75, 3.05) is 25.6 Å². The zero-order chi connectivity index (χ0) is 16.2. The van der Waals surface area contributed by atoms with Crippen LogP contribution in [0.4, 0.5) is 9.93 Å². The summed E-state index contributed by atoms with van der Waals surface area (Å²) in [4.78, 5) is 21.0. The Bertz CT molecular complexity index is 651. The number of aromatic nitrogens is 2. The lowest BCUT2D eigenvalue weighted by Crippen LogP contribution is -2.27. The Morgan fingerprint density at radius 1 is 1.27 bits per heavy atom. The summed E-state index contributed by atoms with van der Waals surface area (Å²) >= 11 is 1.26. The van der Waals surface area contributed by atoms with Gasteiger partial charge in [-0.1, -0.05) is 11.3 Å². The summed E-state index contributed by atoms with van der Waals surface area (Å²) in [6, 6.07) is 3.52. The molecule has 0 spiro atoms. The van der Waals surface area contributed by atoms with Gasteiger partial charge in [0.25, 0.3) is 0 Å². The van der Waals surface area contributed by atoms with Crippen LogP contribution in [0.15, 0.2) is 12.1 Å². The van der Waals surface area contributed by atoms with Gasteiger partial charge in [0.05, 0.1) is 6.61 Å². The van der Waals surface area contributed by atoms with E-state index >= 15 is 0 Å². The number of nitrogens with zero attached hydrogens (tertiary/aromatic N) is 2. The number of hydrogen-bond donors (Lipinski definition) is 1. The smallest absolute Gasteiger partial charge is 0.413 e. The summed E-state index contributed by atoms with van der Waals surface area (Å²) in [6.07, 6.45) is -0.539. The summed E-state index contributed by atoms with van der Waals surface area (Å²) in [5.74, 6) is 0.497. The first-order chi connectivity index (χ1) is 10.4. The molecule has 2 aromatic heterocycles. The van der Waals surface area contributed by atoms with Gasteiger partial charge in [-0.15, -0.1) is 0 Å². The van der Waals surface area contributed by atoms with Crippen molar-refractivity contribution >= 4 is 32.9 Å². The van der Waals surface area contributed by atoms with Crippen molar-refractivity contribution in [2.24, 2.45) is 0 Å². The third-order valence-corrected chi connectivity index (χ3v) is 3.26. The van der Waals surface area contributed by atoms with Crippen molar-refractivity contribution in [2.45, 2.75) is 26.4 Å². The van der Waals surface area contributed by atoms with Gasteiger partial charge in [-0.3, -0.25) is 5.32 Å². The predicted octanol–water partition coefficient (Wildman–Crippen LogP) is 3.06. The molecule has 2 heterocycles. The van der Waals surface area contributed by atoms with E-state index < -0.39 is 11.7 Å². The fourth-order valence-electron chi connectivity index (χ4n) is 1.55. The summed E-state index contributed by atoms with van der Waals surface area (Å²) < 4.78 is 15.5. The molecule has 0 saturated carbocycles. The topological polar surface area (TPSA) is 82.6 Å². The highest BCUT2D eigenvalue weighted by molar-refractivity contribution is 7.21. The minimum Gasteiger partial charge on any atom is -0.475 e. The van der Waals surface area contributed by atoms with Crippen molar-refractivity contribution in [3.63, 3.8) is 0 Å². The van der Waals surface area contributed by atoms with Crippen molar-refractivity contribution in [3.05, 3.63) is 12.1 Å². The second-order valence-electron chi connectivity index (χ2n) is 5.46. The Morgan fingerprint density at radius 2 is 2.05 bits per heavy atom. The van der Waals surface area contributed by atoms with Crippen LogP contribution < -0.4 is 10.1 Å². The monoisotopic (exact) mass is 325 g/mol. The van der Waals surface area contributed by atoms with Crippen molar-refractivity contribution in [1.29, 1.82) is 0 Å². The normalized spacial score (nSPS) is 11.5. The lowest BCUT2D eigenvalue weighted by atomic mass is 10.2. The second kappa shape index (κ2) is 6.89. The van der Waals surface area contributed by atoms with Crippen LogP contribution >= 0.6 is 11.3 Å². The molecule has 2 aromatic rings. The Balaban J connectivity index is 2.05. The van der Waals surface area contributed by atoms with E-state index in [0.29, 0.717) is 34.6 Å². The zero-order valence-corrected chi connectivity index (χ0v) is 13.8. The molecule has 0 aromatic carbocycles.